The maximum atomic E-state index is 5.47. The van der Waals surface area contributed by atoms with Crippen LogP contribution in [0.3, 0.4) is 0 Å². The molecule has 2 heterocycles. The first kappa shape index (κ1) is 21.5. The first-order valence-corrected chi connectivity index (χ1v) is 10.1. The molecule has 0 aliphatic rings. The number of aromatic nitrogens is 4. The summed E-state index contributed by atoms with van der Waals surface area (Å²) >= 11 is 0. The van der Waals surface area contributed by atoms with Gasteiger partial charge in [-0.25, -0.2) is 10.5 Å². The molecular weight excluding hydrogens is 408 g/mol. The van der Waals surface area contributed by atoms with Gasteiger partial charge in [0.1, 0.15) is 11.5 Å². The number of hydrogen-bond donors (Lipinski definition) is 1. The molecule has 4 rings (SSSR count). The molecule has 0 bridgehead atoms. The Morgan fingerprint density at radius 1 is 0.938 bits per heavy atom. The van der Waals surface area contributed by atoms with Crippen molar-refractivity contribution in [3.63, 3.8) is 0 Å². The van der Waals surface area contributed by atoms with Gasteiger partial charge in [0.25, 0.3) is 0 Å². The van der Waals surface area contributed by atoms with E-state index >= 15 is 0 Å². The Bertz CT molecular complexity index is 1190. The molecule has 2 aromatic carbocycles. The minimum Gasteiger partial charge on any atom is -0.497 e. The van der Waals surface area contributed by atoms with E-state index in [1.807, 2.05) is 49.6 Å². The van der Waals surface area contributed by atoms with Crippen molar-refractivity contribution in [1.29, 1.82) is 0 Å². The smallest absolute Gasteiger partial charge is 0.124 e. The highest BCUT2D eigenvalue weighted by Gasteiger charge is 2.14. The van der Waals surface area contributed by atoms with Crippen LogP contribution in [0, 0.1) is 0 Å². The zero-order chi connectivity index (χ0) is 22.5. The lowest BCUT2D eigenvalue weighted by molar-refractivity contribution is 0.0943. The number of fused-ring (bicyclic) bond motifs is 1. The predicted molar refractivity (Wildman–Crippen MR) is 123 cm³/mol. The molecule has 0 unspecified atom stereocenters. The van der Waals surface area contributed by atoms with Gasteiger partial charge in [-0.05, 0) is 18.2 Å². The summed E-state index contributed by atoms with van der Waals surface area (Å²) in [6, 6.07) is 11.8. The average molecular weight is 435 g/mol. The molecule has 2 aromatic heterocycles. The lowest BCUT2D eigenvalue weighted by Crippen LogP contribution is -2.28. The van der Waals surface area contributed by atoms with E-state index in [1.54, 1.807) is 38.4 Å². The Morgan fingerprint density at radius 3 is 2.38 bits per heavy atom. The van der Waals surface area contributed by atoms with Crippen molar-refractivity contribution in [3.8, 4) is 22.8 Å². The molecule has 0 radical (unpaired) electrons. The van der Waals surface area contributed by atoms with Crippen LogP contribution in [0.5, 0.6) is 11.5 Å². The van der Waals surface area contributed by atoms with E-state index in [-0.39, 0.29) is 0 Å². The molecule has 4 aromatic rings. The number of nitrogens with one attached hydrogen (secondary N) is 1. The Labute approximate surface area is 186 Å². The van der Waals surface area contributed by atoms with Gasteiger partial charge in [-0.1, -0.05) is 0 Å². The molecule has 9 heteroatoms. The third-order valence-electron chi connectivity index (χ3n) is 5.07. The predicted octanol–water partition coefficient (Wildman–Crippen LogP) is 3.34. The van der Waals surface area contributed by atoms with E-state index in [2.05, 4.69) is 20.5 Å². The van der Waals surface area contributed by atoms with Crippen molar-refractivity contribution in [2.24, 2.45) is 7.05 Å². The third-order valence-corrected chi connectivity index (χ3v) is 5.07. The highest BCUT2D eigenvalue weighted by Crippen LogP contribution is 2.34. The van der Waals surface area contributed by atoms with E-state index in [0.29, 0.717) is 24.6 Å². The Morgan fingerprint density at radius 2 is 1.72 bits per heavy atom. The standard InChI is InChI=1S/C23H26N6O3/c1-28-15-16(13-25-28)23-14-24-21-6-5-17(11-22(21)27-23)29(8-7-26-32-4)18-9-19(30-2)12-20(10-18)31-3/h5-6,9-15,26H,7-8H2,1-4H3. The van der Waals surface area contributed by atoms with Gasteiger partial charge in [-0.3, -0.25) is 9.67 Å². The molecule has 0 fully saturated rings. The van der Waals surface area contributed by atoms with Gasteiger partial charge in [0.05, 0.1) is 50.5 Å². The molecule has 1 N–H and O–H groups in total. The topological polar surface area (TPSA) is 86.6 Å². The number of aryl methyl sites for hydroxylation is 1. The van der Waals surface area contributed by atoms with Crippen molar-refractivity contribution in [1.82, 2.24) is 25.2 Å². The maximum Gasteiger partial charge on any atom is 0.124 e. The fourth-order valence-corrected chi connectivity index (χ4v) is 3.48. The summed E-state index contributed by atoms with van der Waals surface area (Å²) in [7, 11) is 6.76. The van der Waals surface area contributed by atoms with Crippen molar-refractivity contribution in [2.75, 3.05) is 39.3 Å². The molecule has 166 valence electrons. The quantitative estimate of drug-likeness (QED) is 0.317. The largest absolute Gasteiger partial charge is 0.497 e. The normalized spacial score (nSPS) is 11.0. The van der Waals surface area contributed by atoms with Gasteiger partial charge in [-0.15, -0.1) is 0 Å². The van der Waals surface area contributed by atoms with Gasteiger partial charge < -0.3 is 19.2 Å². The van der Waals surface area contributed by atoms with E-state index in [9.17, 15) is 0 Å². The second-order valence-electron chi connectivity index (χ2n) is 7.15. The van der Waals surface area contributed by atoms with Crippen molar-refractivity contribution in [3.05, 3.63) is 55.0 Å². The van der Waals surface area contributed by atoms with E-state index in [4.69, 9.17) is 19.3 Å². The van der Waals surface area contributed by atoms with E-state index < -0.39 is 0 Å². The summed E-state index contributed by atoms with van der Waals surface area (Å²) in [4.78, 5) is 16.6. The van der Waals surface area contributed by atoms with E-state index in [1.165, 1.54) is 0 Å². The number of methoxy groups -OCH3 is 2. The van der Waals surface area contributed by atoms with Crippen LogP contribution in [0.2, 0.25) is 0 Å². The van der Waals surface area contributed by atoms with Crippen LogP contribution < -0.4 is 19.9 Å². The van der Waals surface area contributed by atoms with Crippen molar-refractivity contribution >= 4 is 22.4 Å². The molecule has 0 saturated heterocycles. The Hall–Kier alpha value is -3.69. The second kappa shape index (κ2) is 9.63. The van der Waals surface area contributed by atoms with Gasteiger partial charge >= 0.3 is 0 Å². The molecule has 0 atom stereocenters. The van der Waals surface area contributed by atoms with Crippen molar-refractivity contribution < 1.29 is 14.3 Å². The fraction of sp³-hybridized carbons (Fsp3) is 0.261. The van der Waals surface area contributed by atoms with Crippen LogP contribution in [-0.2, 0) is 11.9 Å². The molecule has 0 aliphatic heterocycles. The minimum atomic E-state index is 0.607. The zero-order valence-electron chi connectivity index (χ0n) is 18.6. The van der Waals surface area contributed by atoms with Gasteiger partial charge in [0.15, 0.2) is 0 Å². The van der Waals surface area contributed by atoms with Crippen LogP contribution in [0.4, 0.5) is 11.4 Å². The summed E-state index contributed by atoms with van der Waals surface area (Å²) in [5, 5.41) is 4.23. The van der Waals surface area contributed by atoms with Gasteiger partial charge in [0.2, 0.25) is 0 Å². The number of rotatable bonds is 9. The second-order valence-corrected chi connectivity index (χ2v) is 7.15. The Balaban J connectivity index is 1.77. The monoisotopic (exact) mass is 434 g/mol. The summed E-state index contributed by atoms with van der Waals surface area (Å²) < 4.78 is 12.7. The number of hydrogen-bond acceptors (Lipinski definition) is 8. The number of hydroxylamine groups is 1. The number of nitrogens with zero attached hydrogens (tertiary/aromatic N) is 5. The van der Waals surface area contributed by atoms with Crippen LogP contribution >= 0.6 is 0 Å². The fourth-order valence-electron chi connectivity index (χ4n) is 3.48. The van der Waals surface area contributed by atoms with Crippen LogP contribution in [0.15, 0.2) is 55.0 Å². The maximum absolute atomic E-state index is 5.47. The average Bonchev–Trinajstić information content (AvgIpc) is 3.27. The Kier molecular flexibility index (Phi) is 6.48. The molecule has 0 aliphatic carbocycles. The highest BCUT2D eigenvalue weighted by atomic mass is 16.6. The SMILES string of the molecule is CONCCN(c1cc(OC)cc(OC)c1)c1ccc2ncc(-c3cnn(C)c3)nc2c1. The molecule has 0 spiro atoms. The summed E-state index contributed by atoms with van der Waals surface area (Å²) in [5.41, 5.74) is 8.10. The summed E-state index contributed by atoms with van der Waals surface area (Å²) in [6.07, 6.45) is 5.47. The molecular formula is C23H26N6O3. The van der Waals surface area contributed by atoms with Crippen LogP contribution in [0.1, 0.15) is 0 Å². The molecule has 9 nitrogen and oxygen atoms in total. The number of anilines is 2. The van der Waals surface area contributed by atoms with Crippen LogP contribution in [0.25, 0.3) is 22.3 Å². The third kappa shape index (κ3) is 4.63. The zero-order valence-corrected chi connectivity index (χ0v) is 18.6. The summed E-state index contributed by atoms with van der Waals surface area (Å²) in [5.74, 6) is 1.42. The number of ether oxygens (including phenoxy) is 2. The molecule has 32 heavy (non-hydrogen) atoms. The molecule has 0 amide bonds. The van der Waals surface area contributed by atoms with Crippen LogP contribution in [-0.4, -0.2) is 54.2 Å². The first-order valence-electron chi connectivity index (χ1n) is 10.1. The van der Waals surface area contributed by atoms with Crippen molar-refractivity contribution in [2.45, 2.75) is 0 Å². The number of benzene rings is 2. The molecule has 0 saturated carbocycles. The highest BCUT2D eigenvalue weighted by molar-refractivity contribution is 5.82. The van der Waals surface area contributed by atoms with Gasteiger partial charge in [0, 0.05) is 61.5 Å². The van der Waals surface area contributed by atoms with Gasteiger partial charge in [-0.2, -0.15) is 5.10 Å². The minimum absolute atomic E-state index is 0.607. The summed E-state index contributed by atoms with van der Waals surface area (Å²) in [6.45, 7) is 1.25. The lowest BCUT2D eigenvalue weighted by atomic mass is 10.2. The van der Waals surface area contributed by atoms with E-state index in [0.717, 1.165) is 33.7 Å². The lowest BCUT2D eigenvalue weighted by Gasteiger charge is -2.26. The first-order chi connectivity index (χ1) is 15.6.